The van der Waals surface area contributed by atoms with E-state index in [1.807, 2.05) is 24.3 Å². The molecule has 0 saturated heterocycles. The summed E-state index contributed by atoms with van der Waals surface area (Å²) in [4.78, 5) is 13.9. The zero-order chi connectivity index (χ0) is 14.1. The molecule has 1 aromatic rings. The third kappa shape index (κ3) is 5.49. The molecule has 0 fully saturated rings. The third-order valence-corrected chi connectivity index (χ3v) is 2.93. The van der Waals surface area contributed by atoms with Gasteiger partial charge in [0.25, 0.3) is 0 Å². The molecule has 106 valence electrons. The summed E-state index contributed by atoms with van der Waals surface area (Å²) in [6.07, 6.45) is 0.345. The molecule has 0 aliphatic carbocycles. The predicted octanol–water partition coefficient (Wildman–Crippen LogP) is 1.95. The van der Waals surface area contributed by atoms with Crippen molar-refractivity contribution in [2.45, 2.75) is 6.42 Å². The average molecular weight is 286 g/mol. The van der Waals surface area contributed by atoms with Crippen molar-refractivity contribution in [2.75, 3.05) is 39.8 Å². The predicted molar refractivity (Wildman–Crippen MR) is 75.9 cm³/mol. The van der Waals surface area contributed by atoms with Crippen molar-refractivity contribution in [1.82, 2.24) is 4.90 Å². The smallest absolute Gasteiger partial charge is 0.227 e. The molecule has 0 unspecified atom stereocenters. The maximum atomic E-state index is 12.2. The van der Waals surface area contributed by atoms with Crippen molar-refractivity contribution in [1.29, 1.82) is 0 Å². The van der Waals surface area contributed by atoms with Gasteiger partial charge < -0.3 is 14.4 Å². The number of benzene rings is 1. The molecule has 0 radical (unpaired) electrons. The van der Waals surface area contributed by atoms with Crippen LogP contribution in [0.5, 0.6) is 5.75 Å². The van der Waals surface area contributed by atoms with Crippen LogP contribution >= 0.6 is 11.6 Å². The second-order valence-electron chi connectivity index (χ2n) is 4.09. The molecule has 0 heterocycles. The minimum Gasteiger partial charge on any atom is -0.497 e. The minimum atomic E-state index is 0.0472. The van der Waals surface area contributed by atoms with Crippen LogP contribution in [0.3, 0.4) is 0 Å². The molecule has 0 N–H and O–H groups in total. The molecule has 0 bridgehead atoms. The fourth-order valence-corrected chi connectivity index (χ4v) is 1.94. The topological polar surface area (TPSA) is 38.8 Å². The Morgan fingerprint density at radius 3 is 2.74 bits per heavy atom. The molecule has 0 aromatic heterocycles. The zero-order valence-electron chi connectivity index (χ0n) is 11.4. The van der Waals surface area contributed by atoms with Gasteiger partial charge in [-0.05, 0) is 17.7 Å². The number of halogens is 1. The first-order valence-corrected chi connectivity index (χ1v) is 6.70. The number of amides is 1. The number of carbonyl (C=O) groups is 1. The van der Waals surface area contributed by atoms with Crippen molar-refractivity contribution in [2.24, 2.45) is 0 Å². The Morgan fingerprint density at radius 1 is 1.32 bits per heavy atom. The van der Waals surface area contributed by atoms with Crippen LogP contribution in [0.4, 0.5) is 0 Å². The molecule has 0 aliphatic heterocycles. The number of carbonyl (C=O) groups excluding carboxylic acids is 1. The quantitative estimate of drug-likeness (QED) is 0.685. The van der Waals surface area contributed by atoms with Crippen molar-refractivity contribution in [3.8, 4) is 5.75 Å². The number of hydrogen-bond donors (Lipinski definition) is 0. The van der Waals surface area contributed by atoms with Gasteiger partial charge in [0.2, 0.25) is 5.91 Å². The Balaban J connectivity index is 2.63. The Bertz CT molecular complexity index is 398. The van der Waals surface area contributed by atoms with E-state index in [2.05, 4.69) is 0 Å². The maximum absolute atomic E-state index is 12.2. The largest absolute Gasteiger partial charge is 0.497 e. The lowest BCUT2D eigenvalue weighted by atomic mass is 10.1. The number of methoxy groups -OCH3 is 2. The fraction of sp³-hybridized carbons (Fsp3) is 0.500. The Hall–Kier alpha value is -1.26. The normalized spacial score (nSPS) is 10.3. The van der Waals surface area contributed by atoms with E-state index in [0.717, 1.165) is 11.3 Å². The first kappa shape index (κ1) is 15.8. The zero-order valence-corrected chi connectivity index (χ0v) is 12.2. The van der Waals surface area contributed by atoms with Crippen LogP contribution in [0.15, 0.2) is 24.3 Å². The summed E-state index contributed by atoms with van der Waals surface area (Å²) in [6, 6.07) is 7.51. The van der Waals surface area contributed by atoms with Crippen LogP contribution in [-0.4, -0.2) is 50.6 Å². The molecule has 0 atom stereocenters. The molecule has 0 aliphatic rings. The van der Waals surface area contributed by atoms with E-state index in [0.29, 0.717) is 32.0 Å². The number of hydrogen-bond acceptors (Lipinski definition) is 3. The van der Waals surface area contributed by atoms with E-state index >= 15 is 0 Å². The summed E-state index contributed by atoms with van der Waals surface area (Å²) < 4.78 is 10.1. The van der Waals surface area contributed by atoms with Crippen LogP contribution in [0, 0.1) is 0 Å². The number of nitrogens with zero attached hydrogens (tertiary/aromatic N) is 1. The van der Waals surface area contributed by atoms with Gasteiger partial charge in [0.05, 0.1) is 20.1 Å². The van der Waals surface area contributed by atoms with Crippen molar-refractivity contribution >= 4 is 17.5 Å². The molecule has 4 nitrogen and oxygen atoms in total. The van der Waals surface area contributed by atoms with Gasteiger partial charge in [-0.15, -0.1) is 11.6 Å². The maximum Gasteiger partial charge on any atom is 0.227 e. The van der Waals surface area contributed by atoms with Gasteiger partial charge in [0.15, 0.2) is 0 Å². The van der Waals surface area contributed by atoms with Crippen LogP contribution in [-0.2, 0) is 16.0 Å². The van der Waals surface area contributed by atoms with Gasteiger partial charge in [0, 0.05) is 26.1 Å². The van der Waals surface area contributed by atoms with E-state index in [1.54, 1.807) is 19.1 Å². The molecule has 5 heteroatoms. The lowest BCUT2D eigenvalue weighted by Gasteiger charge is -2.21. The highest BCUT2D eigenvalue weighted by atomic mass is 35.5. The summed E-state index contributed by atoms with van der Waals surface area (Å²) in [6.45, 7) is 1.61. The first-order valence-electron chi connectivity index (χ1n) is 6.17. The van der Waals surface area contributed by atoms with E-state index in [4.69, 9.17) is 21.1 Å². The fourth-order valence-electron chi connectivity index (χ4n) is 1.73. The van der Waals surface area contributed by atoms with Gasteiger partial charge in [-0.3, -0.25) is 4.79 Å². The number of ether oxygens (including phenoxy) is 2. The van der Waals surface area contributed by atoms with Gasteiger partial charge in [-0.25, -0.2) is 0 Å². The van der Waals surface area contributed by atoms with Crippen LogP contribution in [0.1, 0.15) is 5.56 Å². The van der Waals surface area contributed by atoms with Crippen LogP contribution in [0.25, 0.3) is 0 Å². The monoisotopic (exact) mass is 285 g/mol. The van der Waals surface area contributed by atoms with Gasteiger partial charge in [0.1, 0.15) is 5.75 Å². The number of alkyl halides is 1. The first-order chi connectivity index (χ1) is 9.21. The van der Waals surface area contributed by atoms with Gasteiger partial charge >= 0.3 is 0 Å². The van der Waals surface area contributed by atoms with E-state index in [-0.39, 0.29) is 5.91 Å². The highest BCUT2D eigenvalue weighted by molar-refractivity contribution is 6.18. The molecule has 0 spiro atoms. The molecule has 1 rings (SSSR count). The second-order valence-corrected chi connectivity index (χ2v) is 4.47. The third-order valence-electron chi connectivity index (χ3n) is 2.76. The molecular weight excluding hydrogens is 266 g/mol. The van der Waals surface area contributed by atoms with Crippen LogP contribution in [0.2, 0.25) is 0 Å². The van der Waals surface area contributed by atoms with E-state index in [1.165, 1.54) is 0 Å². The summed E-state index contributed by atoms with van der Waals surface area (Å²) in [5, 5.41) is 0. The summed E-state index contributed by atoms with van der Waals surface area (Å²) in [5.74, 6) is 1.23. The van der Waals surface area contributed by atoms with Crippen LogP contribution < -0.4 is 4.74 Å². The van der Waals surface area contributed by atoms with E-state index < -0.39 is 0 Å². The molecule has 19 heavy (non-hydrogen) atoms. The Kier molecular flexibility index (Phi) is 7.30. The average Bonchev–Trinajstić information content (AvgIpc) is 2.43. The van der Waals surface area contributed by atoms with E-state index in [9.17, 15) is 4.79 Å². The molecular formula is C14H20ClNO3. The van der Waals surface area contributed by atoms with Gasteiger partial charge in [-0.1, -0.05) is 12.1 Å². The van der Waals surface area contributed by atoms with Crippen molar-refractivity contribution < 1.29 is 14.3 Å². The van der Waals surface area contributed by atoms with Gasteiger partial charge in [-0.2, -0.15) is 0 Å². The highest BCUT2D eigenvalue weighted by Crippen LogP contribution is 2.13. The van der Waals surface area contributed by atoms with Crippen molar-refractivity contribution in [3.05, 3.63) is 29.8 Å². The minimum absolute atomic E-state index is 0.0472. The molecule has 1 amide bonds. The highest BCUT2D eigenvalue weighted by Gasteiger charge is 2.13. The summed E-state index contributed by atoms with van der Waals surface area (Å²) in [7, 11) is 3.23. The Morgan fingerprint density at radius 2 is 2.11 bits per heavy atom. The lowest BCUT2D eigenvalue weighted by molar-refractivity contribution is -0.130. The summed E-state index contributed by atoms with van der Waals surface area (Å²) >= 11 is 5.72. The summed E-state index contributed by atoms with van der Waals surface area (Å²) in [5.41, 5.74) is 0.932. The van der Waals surface area contributed by atoms with Crippen molar-refractivity contribution in [3.63, 3.8) is 0 Å². The number of rotatable bonds is 8. The molecule has 1 aromatic carbocycles. The lowest BCUT2D eigenvalue weighted by Crippen LogP contribution is -2.36. The standard InChI is InChI=1S/C14H20ClNO3/c1-18-9-8-16(7-6-15)14(17)11-12-4-3-5-13(10-12)19-2/h3-5,10H,6-9,11H2,1-2H3. The molecule has 0 saturated carbocycles. The SMILES string of the molecule is COCCN(CCCl)C(=O)Cc1cccc(OC)c1. The second kappa shape index (κ2) is 8.77. The Labute approximate surface area is 119 Å².